The Morgan fingerprint density at radius 1 is 1.03 bits per heavy atom. The van der Waals surface area contributed by atoms with E-state index in [0.29, 0.717) is 11.4 Å². The zero-order valence-corrected chi connectivity index (χ0v) is 17.7. The Balaban J connectivity index is 1.64. The van der Waals surface area contributed by atoms with Crippen LogP contribution in [0.4, 0.5) is 15.8 Å². The number of benzene rings is 3. The summed E-state index contributed by atoms with van der Waals surface area (Å²) < 4.78 is 40.9. The van der Waals surface area contributed by atoms with Gasteiger partial charge in [-0.25, -0.2) is 12.8 Å². The predicted molar refractivity (Wildman–Crippen MR) is 118 cm³/mol. The van der Waals surface area contributed by atoms with Gasteiger partial charge in [-0.2, -0.15) is 0 Å². The van der Waals surface area contributed by atoms with Crippen LogP contribution >= 0.6 is 11.8 Å². The van der Waals surface area contributed by atoms with E-state index in [1.165, 1.54) is 23.9 Å². The number of halogens is 1. The minimum absolute atomic E-state index is 0.0107. The molecule has 0 saturated carbocycles. The third-order valence-electron chi connectivity index (χ3n) is 4.79. The fourth-order valence-electron chi connectivity index (χ4n) is 3.35. The number of hydrogen-bond acceptors (Lipinski definition) is 4. The van der Waals surface area contributed by atoms with Gasteiger partial charge in [0, 0.05) is 11.4 Å². The molecule has 1 aliphatic heterocycles. The zero-order valence-electron chi connectivity index (χ0n) is 16.1. The Hall–Kier alpha value is -2.84. The maximum Gasteiger partial charge on any atom is 0.261 e. The Bertz CT molecular complexity index is 1200. The Morgan fingerprint density at radius 2 is 1.77 bits per heavy atom. The quantitative estimate of drug-likeness (QED) is 0.621. The molecular formula is C22H19FN2O3S2. The van der Waals surface area contributed by atoms with Crippen molar-refractivity contribution in [3.63, 3.8) is 0 Å². The van der Waals surface area contributed by atoms with Crippen molar-refractivity contribution in [2.24, 2.45) is 0 Å². The summed E-state index contributed by atoms with van der Waals surface area (Å²) in [6, 6.07) is 19.3. The molecule has 1 aliphatic rings. The van der Waals surface area contributed by atoms with E-state index in [-0.39, 0.29) is 16.2 Å². The van der Waals surface area contributed by atoms with E-state index < -0.39 is 15.8 Å². The number of sulfonamides is 1. The third kappa shape index (κ3) is 4.06. The molecule has 30 heavy (non-hydrogen) atoms. The van der Waals surface area contributed by atoms with Gasteiger partial charge in [-0.15, -0.1) is 11.8 Å². The van der Waals surface area contributed by atoms with Crippen LogP contribution in [0.1, 0.15) is 16.5 Å². The number of rotatable bonds is 5. The van der Waals surface area contributed by atoms with Gasteiger partial charge >= 0.3 is 0 Å². The van der Waals surface area contributed by atoms with Crippen molar-refractivity contribution in [3.8, 4) is 0 Å². The number of carbonyl (C=O) groups excluding carboxylic acids is 1. The first-order valence-corrected chi connectivity index (χ1v) is 11.8. The van der Waals surface area contributed by atoms with Crippen molar-refractivity contribution in [2.75, 3.05) is 15.4 Å². The first-order valence-electron chi connectivity index (χ1n) is 9.23. The molecule has 1 amide bonds. The second kappa shape index (κ2) is 8.12. The van der Waals surface area contributed by atoms with E-state index >= 15 is 0 Å². The minimum Gasteiger partial charge on any atom is -0.295 e. The highest BCUT2D eigenvalue weighted by molar-refractivity contribution is 8.00. The van der Waals surface area contributed by atoms with Crippen molar-refractivity contribution in [1.29, 1.82) is 0 Å². The number of hydrogen-bond donors (Lipinski definition) is 1. The van der Waals surface area contributed by atoms with Crippen LogP contribution in [-0.4, -0.2) is 20.1 Å². The summed E-state index contributed by atoms with van der Waals surface area (Å²) >= 11 is 1.50. The molecule has 0 spiro atoms. The average molecular weight is 443 g/mol. The smallest absolute Gasteiger partial charge is 0.261 e. The molecule has 1 N–H and O–H groups in total. The molecule has 5 nitrogen and oxygen atoms in total. The first-order chi connectivity index (χ1) is 14.3. The van der Waals surface area contributed by atoms with Crippen LogP contribution in [0, 0.1) is 12.7 Å². The Labute approximate surface area is 179 Å². The lowest BCUT2D eigenvalue weighted by atomic mass is 10.1. The molecule has 1 fully saturated rings. The van der Waals surface area contributed by atoms with Crippen LogP contribution in [0.3, 0.4) is 0 Å². The maximum atomic E-state index is 13.1. The molecule has 154 valence electrons. The molecular weight excluding hydrogens is 423 g/mol. The van der Waals surface area contributed by atoms with Crippen LogP contribution < -0.4 is 9.62 Å². The van der Waals surface area contributed by atoms with Crippen LogP contribution in [0.15, 0.2) is 77.7 Å². The van der Waals surface area contributed by atoms with Gasteiger partial charge in [0.25, 0.3) is 10.0 Å². The second-order valence-corrected chi connectivity index (χ2v) is 9.65. The van der Waals surface area contributed by atoms with Crippen molar-refractivity contribution in [2.45, 2.75) is 17.2 Å². The maximum absolute atomic E-state index is 13.1. The molecule has 4 rings (SSSR count). The number of nitrogens with zero attached hydrogens (tertiary/aromatic N) is 1. The summed E-state index contributed by atoms with van der Waals surface area (Å²) in [6.45, 7) is 1.95. The van der Waals surface area contributed by atoms with Crippen molar-refractivity contribution in [3.05, 3.63) is 89.7 Å². The number of para-hydroxylation sites is 1. The summed E-state index contributed by atoms with van der Waals surface area (Å²) in [5, 5.41) is -0.256. The lowest BCUT2D eigenvalue weighted by molar-refractivity contribution is -0.115. The van der Waals surface area contributed by atoms with Gasteiger partial charge < -0.3 is 0 Å². The third-order valence-corrected chi connectivity index (χ3v) is 7.40. The molecule has 3 aromatic carbocycles. The summed E-state index contributed by atoms with van der Waals surface area (Å²) in [6.07, 6.45) is 0. The molecule has 1 atom stereocenters. The molecule has 0 bridgehead atoms. The van der Waals surface area contributed by atoms with E-state index in [4.69, 9.17) is 0 Å². The number of nitrogens with one attached hydrogen (secondary N) is 1. The Morgan fingerprint density at radius 3 is 2.50 bits per heavy atom. The van der Waals surface area contributed by atoms with Crippen molar-refractivity contribution >= 4 is 39.1 Å². The molecule has 1 unspecified atom stereocenters. The van der Waals surface area contributed by atoms with E-state index in [9.17, 15) is 17.6 Å². The highest BCUT2D eigenvalue weighted by Gasteiger charge is 2.34. The predicted octanol–water partition coefficient (Wildman–Crippen LogP) is 4.71. The fourth-order valence-corrected chi connectivity index (χ4v) is 5.56. The highest BCUT2D eigenvalue weighted by Crippen LogP contribution is 2.43. The molecule has 3 aromatic rings. The molecule has 1 saturated heterocycles. The lowest BCUT2D eigenvalue weighted by Gasteiger charge is -2.26. The summed E-state index contributed by atoms with van der Waals surface area (Å²) in [5.74, 6) is -0.142. The van der Waals surface area contributed by atoms with Crippen LogP contribution in [0.25, 0.3) is 0 Å². The summed E-state index contributed by atoms with van der Waals surface area (Å²) in [5.41, 5.74) is 3.02. The number of anilines is 2. The molecule has 8 heteroatoms. The molecule has 0 aliphatic carbocycles. The number of amides is 1. The summed E-state index contributed by atoms with van der Waals surface area (Å²) in [7, 11) is -3.86. The largest absolute Gasteiger partial charge is 0.295 e. The van der Waals surface area contributed by atoms with Gasteiger partial charge in [-0.3, -0.25) is 14.4 Å². The van der Waals surface area contributed by atoms with E-state index in [1.54, 1.807) is 23.1 Å². The van der Waals surface area contributed by atoms with Gasteiger partial charge in [0.2, 0.25) is 5.91 Å². The zero-order chi connectivity index (χ0) is 21.3. The lowest BCUT2D eigenvalue weighted by Crippen LogP contribution is -2.28. The van der Waals surface area contributed by atoms with Gasteiger partial charge in [-0.05, 0) is 60.5 Å². The van der Waals surface area contributed by atoms with Gasteiger partial charge in [0.1, 0.15) is 11.2 Å². The summed E-state index contributed by atoms with van der Waals surface area (Å²) in [4.78, 5) is 14.3. The first kappa shape index (κ1) is 20.4. The molecule has 0 radical (unpaired) electrons. The fraction of sp³-hybridized carbons (Fsp3) is 0.136. The van der Waals surface area contributed by atoms with Gasteiger partial charge in [0.05, 0.1) is 10.6 Å². The number of aryl methyl sites for hydroxylation is 1. The average Bonchev–Trinajstić information content (AvgIpc) is 3.10. The Kier molecular flexibility index (Phi) is 5.53. The number of thioether (sulfide) groups is 1. The van der Waals surface area contributed by atoms with Crippen LogP contribution in [-0.2, 0) is 14.8 Å². The van der Waals surface area contributed by atoms with Crippen molar-refractivity contribution in [1.82, 2.24) is 0 Å². The SMILES string of the molecule is Cc1ccccc1N1C(=O)CSC1c1cccc(NS(=O)(=O)c2ccc(F)cc2)c1. The van der Waals surface area contributed by atoms with Crippen LogP contribution in [0.5, 0.6) is 0 Å². The standard InChI is InChI=1S/C22H19FN2O3S2/c1-15-5-2-3-8-20(15)25-21(26)14-29-22(25)16-6-4-7-18(13-16)24-30(27,28)19-11-9-17(23)10-12-19/h2-13,22,24H,14H2,1H3. The van der Waals surface area contributed by atoms with Crippen LogP contribution in [0.2, 0.25) is 0 Å². The normalized spacial score (nSPS) is 16.7. The van der Waals surface area contributed by atoms with Gasteiger partial charge in [0.15, 0.2) is 0 Å². The van der Waals surface area contributed by atoms with E-state index in [0.717, 1.165) is 28.9 Å². The topological polar surface area (TPSA) is 66.5 Å². The second-order valence-electron chi connectivity index (χ2n) is 6.90. The monoisotopic (exact) mass is 442 g/mol. The van der Waals surface area contributed by atoms with E-state index in [1.807, 2.05) is 37.3 Å². The molecule has 1 heterocycles. The number of carbonyl (C=O) groups is 1. The minimum atomic E-state index is -3.86. The van der Waals surface area contributed by atoms with Crippen molar-refractivity contribution < 1.29 is 17.6 Å². The van der Waals surface area contributed by atoms with E-state index in [2.05, 4.69) is 4.72 Å². The molecule has 0 aromatic heterocycles. The highest BCUT2D eigenvalue weighted by atomic mass is 32.2. The van der Waals surface area contributed by atoms with Gasteiger partial charge in [-0.1, -0.05) is 30.3 Å².